The highest BCUT2D eigenvalue weighted by molar-refractivity contribution is 5.85. The Morgan fingerprint density at radius 3 is 2.66 bits per heavy atom. The normalized spacial score (nSPS) is 11.8. The van der Waals surface area contributed by atoms with E-state index in [9.17, 15) is 14.4 Å². The number of amides is 1. The summed E-state index contributed by atoms with van der Waals surface area (Å²) in [6.07, 6.45) is 3.64. The van der Waals surface area contributed by atoms with E-state index in [0.29, 0.717) is 28.9 Å². The molecule has 4 rings (SSSR count). The van der Waals surface area contributed by atoms with E-state index in [2.05, 4.69) is 15.5 Å². The van der Waals surface area contributed by atoms with Gasteiger partial charge in [-0.05, 0) is 36.6 Å². The zero-order chi connectivity index (χ0) is 24.9. The number of aromatic nitrogens is 3. The molecule has 0 spiro atoms. The van der Waals surface area contributed by atoms with Crippen molar-refractivity contribution in [2.24, 2.45) is 0 Å². The summed E-state index contributed by atoms with van der Waals surface area (Å²) < 4.78 is 13.1. The number of fused-ring (bicyclic) bond motifs is 1. The monoisotopic (exact) mass is 476 g/mol. The number of carbonyl (C=O) groups excluding carboxylic acids is 1. The topological polar surface area (TPSA) is 137 Å². The maximum Gasteiger partial charge on any atom is 0.326 e. The molecule has 1 atom stereocenters. The Bertz CT molecular complexity index is 1430. The Morgan fingerprint density at radius 2 is 1.97 bits per heavy atom. The summed E-state index contributed by atoms with van der Waals surface area (Å²) in [5.74, 6) is -0.937. The van der Waals surface area contributed by atoms with Gasteiger partial charge in [0.1, 0.15) is 35.5 Å². The van der Waals surface area contributed by atoms with Crippen LogP contribution in [-0.4, -0.2) is 44.4 Å². The standard InChI is InChI=1S/C25H24N4O6/c1-3-15-10-17-21(11-20(15)35-13-22(30)27-19(4-2)25(32)33)34-12-18(23(17)31)24-28-26-14-29(24)16-8-6-5-7-9-16/h5-12,14,19H,3-4,13H2,1-2H3,(H,27,30)(H,32,33)/t19-/m0/s1. The first-order valence-electron chi connectivity index (χ1n) is 11.1. The van der Waals surface area contributed by atoms with Crippen molar-refractivity contribution in [1.82, 2.24) is 20.1 Å². The number of rotatable bonds is 9. The highest BCUT2D eigenvalue weighted by Crippen LogP contribution is 2.27. The van der Waals surface area contributed by atoms with Crippen molar-refractivity contribution < 1.29 is 23.8 Å². The average molecular weight is 476 g/mol. The van der Waals surface area contributed by atoms with Gasteiger partial charge in [0.05, 0.1) is 5.39 Å². The minimum absolute atomic E-state index is 0.253. The molecule has 0 aliphatic carbocycles. The van der Waals surface area contributed by atoms with Crippen LogP contribution in [0.2, 0.25) is 0 Å². The van der Waals surface area contributed by atoms with Crippen LogP contribution in [-0.2, 0) is 16.0 Å². The van der Waals surface area contributed by atoms with E-state index in [0.717, 1.165) is 5.69 Å². The second-order valence-electron chi connectivity index (χ2n) is 7.80. The molecule has 2 heterocycles. The molecule has 0 aliphatic heterocycles. The fourth-order valence-electron chi connectivity index (χ4n) is 3.68. The van der Waals surface area contributed by atoms with Crippen LogP contribution in [0.15, 0.2) is 64.3 Å². The van der Waals surface area contributed by atoms with Gasteiger partial charge in [-0.1, -0.05) is 32.0 Å². The molecule has 0 fully saturated rings. The molecule has 0 saturated carbocycles. The molecule has 10 nitrogen and oxygen atoms in total. The van der Waals surface area contributed by atoms with Crippen molar-refractivity contribution >= 4 is 22.8 Å². The Morgan fingerprint density at radius 1 is 1.20 bits per heavy atom. The molecule has 180 valence electrons. The number of aliphatic carboxylic acids is 1. The van der Waals surface area contributed by atoms with Crippen molar-refractivity contribution in [2.75, 3.05) is 6.61 Å². The average Bonchev–Trinajstić information content (AvgIpc) is 3.36. The summed E-state index contributed by atoms with van der Waals surface area (Å²) >= 11 is 0. The van der Waals surface area contributed by atoms with Gasteiger partial charge in [0, 0.05) is 11.8 Å². The molecule has 0 radical (unpaired) electrons. The molecule has 0 saturated heterocycles. The second kappa shape index (κ2) is 10.2. The first kappa shape index (κ1) is 23.7. The van der Waals surface area contributed by atoms with Crippen LogP contribution < -0.4 is 15.5 Å². The van der Waals surface area contributed by atoms with Crippen LogP contribution in [0.4, 0.5) is 0 Å². The zero-order valence-corrected chi connectivity index (χ0v) is 19.2. The first-order valence-corrected chi connectivity index (χ1v) is 11.1. The van der Waals surface area contributed by atoms with Crippen LogP contribution in [0, 0.1) is 0 Å². The largest absolute Gasteiger partial charge is 0.483 e. The quantitative estimate of drug-likeness (QED) is 0.376. The molecule has 2 aromatic heterocycles. The zero-order valence-electron chi connectivity index (χ0n) is 19.2. The number of ether oxygens (including phenoxy) is 1. The third kappa shape index (κ3) is 4.91. The lowest BCUT2D eigenvalue weighted by molar-refractivity contribution is -0.142. The van der Waals surface area contributed by atoms with Crippen LogP contribution in [0.1, 0.15) is 25.8 Å². The molecular weight excluding hydrogens is 452 g/mol. The van der Waals surface area contributed by atoms with E-state index in [4.69, 9.17) is 14.3 Å². The predicted molar refractivity (Wildman–Crippen MR) is 128 cm³/mol. The fraction of sp³-hybridized carbons (Fsp3) is 0.240. The minimum atomic E-state index is -1.11. The Balaban J connectivity index is 1.64. The van der Waals surface area contributed by atoms with Crippen LogP contribution in [0.25, 0.3) is 28.0 Å². The third-order valence-corrected chi connectivity index (χ3v) is 5.56. The minimum Gasteiger partial charge on any atom is -0.483 e. The predicted octanol–water partition coefficient (Wildman–Crippen LogP) is 2.96. The van der Waals surface area contributed by atoms with Crippen LogP contribution in [0.3, 0.4) is 0 Å². The highest BCUT2D eigenvalue weighted by Gasteiger charge is 2.20. The lowest BCUT2D eigenvalue weighted by Crippen LogP contribution is -2.42. The van der Waals surface area contributed by atoms with Crippen LogP contribution in [0.5, 0.6) is 5.75 Å². The number of hydrogen-bond donors (Lipinski definition) is 2. The van der Waals surface area contributed by atoms with Gasteiger partial charge in [-0.25, -0.2) is 4.79 Å². The molecule has 2 aromatic carbocycles. The number of hydrogen-bond acceptors (Lipinski definition) is 7. The number of benzene rings is 2. The number of nitrogens with zero attached hydrogens (tertiary/aromatic N) is 3. The van der Waals surface area contributed by atoms with E-state index in [1.54, 1.807) is 23.6 Å². The van der Waals surface area contributed by atoms with Crippen molar-refractivity contribution in [3.8, 4) is 22.8 Å². The van der Waals surface area contributed by atoms with E-state index < -0.39 is 17.9 Å². The van der Waals surface area contributed by atoms with Gasteiger partial charge in [-0.3, -0.25) is 14.2 Å². The van der Waals surface area contributed by atoms with Crippen molar-refractivity contribution in [3.05, 3.63) is 70.8 Å². The van der Waals surface area contributed by atoms with Crippen molar-refractivity contribution in [2.45, 2.75) is 32.7 Å². The Labute approximate surface area is 200 Å². The summed E-state index contributed by atoms with van der Waals surface area (Å²) in [7, 11) is 0. The van der Waals surface area contributed by atoms with E-state index in [1.165, 1.54) is 12.6 Å². The number of aryl methyl sites for hydroxylation is 1. The van der Waals surface area contributed by atoms with Gasteiger partial charge in [0.15, 0.2) is 12.4 Å². The van der Waals surface area contributed by atoms with Crippen molar-refractivity contribution in [3.63, 3.8) is 0 Å². The molecular formula is C25H24N4O6. The Hall–Kier alpha value is -4.47. The fourth-order valence-corrected chi connectivity index (χ4v) is 3.68. The van der Waals surface area contributed by atoms with E-state index in [-0.39, 0.29) is 29.6 Å². The summed E-state index contributed by atoms with van der Waals surface area (Å²) in [5, 5.41) is 19.9. The van der Waals surface area contributed by atoms with Crippen LogP contribution >= 0.6 is 0 Å². The summed E-state index contributed by atoms with van der Waals surface area (Å²) in [4.78, 5) is 36.6. The molecule has 0 aliphatic rings. The van der Waals surface area contributed by atoms with Gasteiger partial charge < -0.3 is 19.6 Å². The maximum absolute atomic E-state index is 13.4. The van der Waals surface area contributed by atoms with Gasteiger partial charge in [-0.15, -0.1) is 10.2 Å². The van der Waals surface area contributed by atoms with E-state index >= 15 is 0 Å². The lowest BCUT2D eigenvalue weighted by Gasteiger charge is -2.14. The number of carbonyl (C=O) groups is 2. The molecule has 4 aromatic rings. The van der Waals surface area contributed by atoms with Gasteiger partial charge in [-0.2, -0.15) is 0 Å². The Kier molecular flexibility index (Phi) is 6.91. The maximum atomic E-state index is 13.4. The van der Waals surface area contributed by atoms with Gasteiger partial charge in [0.25, 0.3) is 5.91 Å². The third-order valence-electron chi connectivity index (χ3n) is 5.56. The SMILES string of the molecule is CCc1cc2c(=O)c(-c3nncn3-c3ccccc3)coc2cc1OCC(=O)N[C@@H](CC)C(=O)O. The summed E-state index contributed by atoms with van der Waals surface area (Å²) in [5.41, 5.74) is 1.77. The first-order chi connectivity index (χ1) is 16.9. The molecule has 10 heteroatoms. The summed E-state index contributed by atoms with van der Waals surface area (Å²) in [6.45, 7) is 3.19. The van der Waals surface area contributed by atoms with Gasteiger partial charge in [0.2, 0.25) is 5.43 Å². The second-order valence-corrected chi connectivity index (χ2v) is 7.80. The molecule has 1 amide bonds. The smallest absolute Gasteiger partial charge is 0.326 e. The van der Waals surface area contributed by atoms with E-state index in [1.807, 2.05) is 37.3 Å². The molecule has 2 N–H and O–H groups in total. The highest BCUT2D eigenvalue weighted by atomic mass is 16.5. The number of para-hydroxylation sites is 1. The summed E-state index contributed by atoms with van der Waals surface area (Å²) in [6, 6.07) is 11.6. The molecule has 0 bridgehead atoms. The van der Waals surface area contributed by atoms with Crippen molar-refractivity contribution in [1.29, 1.82) is 0 Å². The molecule has 35 heavy (non-hydrogen) atoms. The molecule has 0 unspecified atom stereocenters. The lowest BCUT2D eigenvalue weighted by atomic mass is 10.1. The number of carboxylic acid groups (broad SMARTS) is 1. The van der Waals surface area contributed by atoms with Gasteiger partial charge >= 0.3 is 5.97 Å². The number of nitrogens with one attached hydrogen (secondary N) is 1. The number of carboxylic acids is 1.